The molecule has 3 aromatic carbocycles. The van der Waals surface area contributed by atoms with Crippen LogP contribution in [-0.4, -0.2) is 21.3 Å². The van der Waals surface area contributed by atoms with E-state index in [0.717, 1.165) is 22.4 Å². The lowest BCUT2D eigenvalue weighted by Crippen LogP contribution is -2.30. The fourth-order valence-electron chi connectivity index (χ4n) is 4.21. The topological polar surface area (TPSA) is 67.6 Å². The lowest BCUT2D eigenvalue weighted by molar-refractivity contribution is -0.112. The average Bonchev–Trinajstić information content (AvgIpc) is 3.43. The quantitative estimate of drug-likeness (QED) is 0.381. The molecule has 0 N–H and O–H groups in total. The monoisotopic (exact) mass is 462 g/mol. The number of rotatable bonds is 4. The van der Waals surface area contributed by atoms with Gasteiger partial charge in [0.25, 0.3) is 11.5 Å². The molecule has 2 aromatic heterocycles. The summed E-state index contributed by atoms with van der Waals surface area (Å²) in [7, 11) is 0. The van der Waals surface area contributed by atoms with Gasteiger partial charge in [0, 0.05) is 16.5 Å². The molecule has 0 spiro atoms. The molecule has 5 aromatic rings. The van der Waals surface area contributed by atoms with Gasteiger partial charge in [-0.3, -0.25) is 9.59 Å². The molecule has 1 amide bonds. The average molecular weight is 463 g/mol. The molecule has 0 radical (unpaired) electrons. The third-order valence-electron chi connectivity index (χ3n) is 5.85. The summed E-state index contributed by atoms with van der Waals surface area (Å²) in [6.07, 6.45) is 1.39. The number of carbonyl (C=O) groups is 1. The zero-order chi connectivity index (χ0) is 23.1. The van der Waals surface area contributed by atoms with Crippen LogP contribution < -0.4 is 10.5 Å². The zero-order valence-electron chi connectivity index (χ0n) is 18.0. The van der Waals surface area contributed by atoms with Crippen LogP contribution in [0, 0.1) is 0 Å². The molecular formula is C27H18N4O2S. The third kappa shape index (κ3) is 3.34. The predicted octanol–water partition coefficient (Wildman–Crippen LogP) is 4.92. The van der Waals surface area contributed by atoms with E-state index in [1.165, 1.54) is 22.3 Å². The summed E-state index contributed by atoms with van der Waals surface area (Å²) in [5, 5.41) is 6.94. The van der Waals surface area contributed by atoms with Crippen molar-refractivity contribution < 1.29 is 4.79 Å². The van der Waals surface area contributed by atoms with Gasteiger partial charge in [0.15, 0.2) is 5.71 Å². The van der Waals surface area contributed by atoms with Crippen LogP contribution in [0.1, 0.15) is 11.1 Å². The van der Waals surface area contributed by atoms with Crippen LogP contribution in [0.3, 0.4) is 0 Å². The first-order chi connectivity index (χ1) is 16.7. The Labute approximate surface area is 199 Å². The third-order valence-corrected chi connectivity index (χ3v) is 6.74. The van der Waals surface area contributed by atoms with Crippen LogP contribution in [0.5, 0.6) is 0 Å². The molecular weight excluding hydrogens is 444 g/mol. The Kier molecular flexibility index (Phi) is 4.89. The molecule has 7 heteroatoms. The summed E-state index contributed by atoms with van der Waals surface area (Å²) in [6.45, 7) is 0.421. The molecule has 0 saturated heterocycles. The fourth-order valence-corrected chi connectivity index (χ4v) is 5.12. The second-order valence-corrected chi connectivity index (χ2v) is 8.79. The largest absolute Gasteiger partial charge is 0.302 e. The number of carbonyl (C=O) groups excluding carboxylic acids is 1. The van der Waals surface area contributed by atoms with E-state index in [2.05, 4.69) is 10.1 Å². The maximum absolute atomic E-state index is 13.5. The molecule has 6 rings (SSSR count). The van der Waals surface area contributed by atoms with E-state index in [9.17, 15) is 9.59 Å². The van der Waals surface area contributed by atoms with Crippen molar-refractivity contribution in [2.75, 3.05) is 4.90 Å². The summed E-state index contributed by atoms with van der Waals surface area (Å²) in [4.78, 5) is 33.7. The minimum atomic E-state index is -0.301. The SMILES string of the molecule is O=C1C(=Nn2cnc3scc(-c4ccccc4)c3c2=O)c2ccccc2N1Cc1ccccc1. The first kappa shape index (κ1) is 20.3. The first-order valence-electron chi connectivity index (χ1n) is 10.8. The lowest BCUT2D eigenvalue weighted by atomic mass is 10.1. The second kappa shape index (κ2) is 8.20. The summed E-state index contributed by atoms with van der Waals surface area (Å²) in [5.41, 5.74) is 4.17. The van der Waals surface area contributed by atoms with Crippen LogP contribution in [0.25, 0.3) is 21.3 Å². The van der Waals surface area contributed by atoms with Crippen LogP contribution in [0.2, 0.25) is 0 Å². The normalized spacial score (nSPS) is 14.2. The molecule has 0 bridgehead atoms. The Balaban J connectivity index is 1.47. The Morgan fingerprint density at radius 2 is 1.53 bits per heavy atom. The highest BCUT2D eigenvalue weighted by Crippen LogP contribution is 2.32. The number of anilines is 1. The maximum Gasteiger partial charge on any atom is 0.283 e. The van der Waals surface area contributed by atoms with Gasteiger partial charge in [-0.25, -0.2) is 4.98 Å². The Morgan fingerprint density at radius 1 is 0.824 bits per heavy atom. The highest BCUT2D eigenvalue weighted by molar-refractivity contribution is 7.17. The van der Waals surface area contributed by atoms with Gasteiger partial charge in [-0.1, -0.05) is 78.9 Å². The maximum atomic E-state index is 13.5. The van der Waals surface area contributed by atoms with Crippen molar-refractivity contribution in [1.29, 1.82) is 0 Å². The van der Waals surface area contributed by atoms with Gasteiger partial charge in [0.05, 0.1) is 17.6 Å². The lowest BCUT2D eigenvalue weighted by Gasteiger charge is -2.16. The first-order valence-corrected chi connectivity index (χ1v) is 11.7. The fraction of sp³-hybridized carbons (Fsp3) is 0.0370. The number of amides is 1. The smallest absolute Gasteiger partial charge is 0.283 e. The van der Waals surface area contributed by atoms with E-state index in [-0.39, 0.29) is 17.2 Å². The van der Waals surface area contributed by atoms with Crippen LogP contribution >= 0.6 is 11.3 Å². The van der Waals surface area contributed by atoms with Crippen LogP contribution in [0.15, 0.2) is 107 Å². The van der Waals surface area contributed by atoms with Gasteiger partial charge in [-0.15, -0.1) is 11.3 Å². The van der Waals surface area contributed by atoms with Gasteiger partial charge < -0.3 is 4.90 Å². The van der Waals surface area contributed by atoms with E-state index in [1.807, 2.05) is 90.3 Å². The van der Waals surface area contributed by atoms with Crippen LogP contribution in [0.4, 0.5) is 5.69 Å². The summed E-state index contributed by atoms with van der Waals surface area (Å²) in [5.74, 6) is -0.245. The minimum Gasteiger partial charge on any atom is -0.302 e. The number of hydrogen-bond acceptors (Lipinski definition) is 5. The molecule has 0 unspecified atom stereocenters. The highest BCUT2D eigenvalue weighted by atomic mass is 32.1. The molecule has 34 heavy (non-hydrogen) atoms. The molecule has 0 aliphatic carbocycles. The van der Waals surface area contributed by atoms with Crippen molar-refractivity contribution in [3.63, 3.8) is 0 Å². The summed E-state index contributed by atoms with van der Waals surface area (Å²) in [6, 6.07) is 27.0. The van der Waals surface area contributed by atoms with Gasteiger partial charge in [0.2, 0.25) is 0 Å². The molecule has 0 fully saturated rings. The van der Waals surface area contributed by atoms with E-state index in [0.29, 0.717) is 22.3 Å². The highest BCUT2D eigenvalue weighted by Gasteiger charge is 2.34. The molecule has 6 nitrogen and oxygen atoms in total. The standard InChI is InChI=1S/C27H18N4O2S/c32-26-23-21(19-11-5-2-6-12-19)16-34-25(23)28-17-31(26)29-24-20-13-7-8-14-22(20)30(27(24)33)15-18-9-3-1-4-10-18/h1-14,16-17H,15H2. The minimum absolute atomic E-state index is 0.228. The zero-order valence-corrected chi connectivity index (χ0v) is 18.8. The molecule has 164 valence electrons. The number of thiophene rings is 1. The van der Waals surface area contributed by atoms with Crippen molar-refractivity contribution in [1.82, 2.24) is 9.66 Å². The Bertz CT molecular complexity index is 1620. The van der Waals surface area contributed by atoms with Crippen molar-refractivity contribution in [3.8, 4) is 11.1 Å². The van der Waals surface area contributed by atoms with Gasteiger partial charge in [0.1, 0.15) is 11.2 Å². The summed E-state index contributed by atoms with van der Waals surface area (Å²) < 4.78 is 1.18. The van der Waals surface area contributed by atoms with Crippen molar-refractivity contribution in [2.24, 2.45) is 5.10 Å². The molecule has 0 saturated carbocycles. The number of hydrogen-bond donors (Lipinski definition) is 0. The second-order valence-electron chi connectivity index (χ2n) is 7.93. The van der Waals surface area contributed by atoms with Gasteiger partial charge >= 0.3 is 0 Å². The predicted molar refractivity (Wildman–Crippen MR) is 135 cm³/mol. The van der Waals surface area contributed by atoms with E-state index in [1.54, 1.807) is 4.90 Å². The van der Waals surface area contributed by atoms with E-state index < -0.39 is 0 Å². The van der Waals surface area contributed by atoms with Gasteiger partial charge in [-0.05, 0) is 17.2 Å². The van der Waals surface area contributed by atoms with Crippen molar-refractivity contribution in [2.45, 2.75) is 6.54 Å². The number of aromatic nitrogens is 2. The molecule has 3 heterocycles. The molecule has 0 atom stereocenters. The van der Waals surface area contributed by atoms with E-state index >= 15 is 0 Å². The van der Waals surface area contributed by atoms with E-state index in [4.69, 9.17) is 0 Å². The number of fused-ring (bicyclic) bond motifs is 2. The van der Waals surface area contributed by atoms with Crippen molar-refractivity contribution >= 4 is 38.9 Å². The number of nitrogens with zero attached hydrogens (tertiary/aromatic N) is 4. The number of benzene rings is 3. The molecule has 1 aliphatic rings. The summed E-state index contributed by atoms with van der Waals surface area (Å²) >= 11 is 1.42. The van der Waals surface area contributed by atoms with Crippen LogP contribution in [-0.2, 0) is 11.3 Å². The van der Waals surface area contributed by atoms with Crippen molar-refractivity contribution in [3.05, 3.63) is 118 Å². The number of para-hydroxylation sites is 1. The molecule has 1 aliphatic heterocycles. The van der Waals surface area contributed by atoms with Gasteiger partial charge in [-0.2, -0.15) is 9.78 Å². The Morgan fingerprint density at radius 3 is 2.32 bits per heavy atom. The Hall–Kier alpha value is -4.36.